The minimum Gasteiger partial charge on any atom is -0.496 e. The van der Waals surface area contributed by atoms with Gasteiger partial charge in [-0.25, -0.2) is 0 Å². The minimum atomic E-state index is -0.0987. The highest BCUT2D eigenvalue weighted by Crippen LogP contribution is 2.42. The summed E-state index contributed by atoms with van der Waals surface area (Å²) in [5.41, 5.74) is 1.92. The highest BCUT2D eigenvalue weighted by molar-refractivity contribution is 9.10. The number of nitrogens with zero attached hydrogens (tertiary/aromatic N) is 1. The Morgan fingerprint density at radius 3 is 2.63 bits per heavy atom. The molecule has 2 fully saturated rings. The molecule has 4 rings (SSSR count). The van der Waals surface area contributed by atoms with Crippen LogP contribution >= 0.6 is 27.7 Å². The van der Waals surface area contributed by atoms with Crippen LogP contribution in [0.1, 0.15) is 38.2 Å². The lowest BCUT2D eigenvalue weighted by Gasteiger charge is -2.39. The molecule has 3 atom stereocenters. The molecule has 1 N–H and O–H groups in total. The van der Waals surface area contributed by atoms with Crippen molar-refractivity contribution in [2.24, 2.45) is 5.92 Å². The summed E-state index contributed by atoms with van der Waals surface area (Å²) in [4.78, 5) is 16.4. The topological polar surface area (TPSA) is 41.6 Å². The van der Waals surface area contributed by atoms with Crippen molar-refractivity contribution in [1.29, 1.82) is 0 Å². The molecule has 2 aromatic rings. The smallest absolute Gasteiger partial charge is 0.262 e. The van der Waals surface area contributed by atoms with E-state index in [1.807, 2.05) is 42.5 Å². The lowest BCUT2D eigenvalue weighted by Crippen LogP contribution is -2.48. The van der Waals surface area contributed by atoms with Crippen molar-refractivity contribution in [3.8, 4) is 5.75 Å². The zero-order chi connectivity index (χ0) is 21.1. The number of carbonyl (C=O) groups excluding carboxylic acids is 1. The highest BCUT2D eigenvalue weighted by Gasteiger charge is 2.42. The van der Waals surface area contributed by atoms with Crippen molar-refractivity contribution in [3.05, 3.63) is 63.5 Å². The van der Waals surface area contributed by atoms with Crippen LogP contribution in [0.15, 0.2) is 57.9 Å². The molecule has 2 aliphatic rings. The molecule has 0 radical (unpaired) electrons. The standard InChI is InChI=1S/C24H27BrN2O2S/c1-16-8-6-7-11-20(16)27-23(28)22(15-17-12-13-21(29-2)19(25)14-17)30-24(27)26-18-9-4-3-5-10-18/h3-5,9-10,12-16,20,24,26H,6-8,11H2,1-2H3/b22-15-/t16-,20+,24?/m0/s1. The first kappa shape index (κ1) is 21.3. The number of anilines is 1. The molecule has 0 aromatic heterocycles. The third-order valence-corrected chi connectivity index (χ3v) is 7.63. The lowest BCUT2D eigenvalue weighted by atomic mass is 9.85. The molecule has 0 spiro atoms. The second-order valence-corrected chi connectivity index (χ2v) is 9.90. The van der Waals surface area contributed by atoms with Crippen LogP contribution in [0, 0.1) is 5.92 Å². The van der Waals surface area contributed by atoms with Gasteiger partial charge in [0.15, 0.2) is 5.50 Å². The molecule has 1 heterocycles. The van der Waals surface area contributed by atoms with Gasteiger partial charge in [0.05, 0.1) is 16.5 Å². The summed E-state index contributed by atoms with van der Waals surface area (Å²) >= 11 is 5.15. The predicted octanol–water partition coefficient (Wildman–Crippen LogP) is 6.35. The average Bonchev–Trinajstić information content (AvgIpc) is 3.04. The molecule has 2 aromatic carbocycles. The summed E-state index contributed by atoms with van der Waals surface area (Å²) in [6.07, 6.45) is 6.69. The zero-order valence-corrected chi connectivity index (χ0v) is 19.7. The Kier molecular flexibility index (Phi) is 6.74. The maximum atomic E-state index is 13.5. The number of methoxy groups -OCH3 is 1. The summed E-state index contributed by atoms with van der Waals surface area (Å²) in [6.45, 7) is 2.28. The number of nitrogens with one attached hydrogen (secondary N) is 1. The largest absolute Gasteiger partial charge is 0.496 e. The van der Waals surface area contributed by atoms with E-state index in [2.05, 4.69) is 45.2 Å². The minimum absolute atomic E-state index is 0.0987. The normalized spacial score (nSPS) is 25.6. The fourth-order valence-electron chi connectivity index (χ4n) is 4.29. The number of para-hydroxylation sites is 1. The number of carbonyl (C=O) groups is 1. The molecule has 1 amide bonds. The van der Waals surface area contributed by atoms with E-state index in [1.54, 1.807) is 18.9 Å². The predicted molar refractivity (Wildman–Crippen MR) is 128 cm³/mol. The van der Waals surface area contributed by atoms with E-state index in [0.717, 1.165) is 32.8 Å². The second kappa shape index (κ2) is 9.48. The van der Waals surface area contributed by atoms with Crippen molar-refractivity contribution in [2.75, 3.05) is 12.4 Å². The van der Waals surface area contributed by atoms with E-state index in [0.29, 0.717) is 5.92 Å². The van der Waals surface area contributed by atoms with Gasteiger partial charge in [-0.1, -0.05) is 55.8 Å². The monoisotopic (exact) mass is 486 g/mol. The van der Waals surface area contributed by atoms with Gasteiger partial charge in [-0.05, 0) is 70.6 Å². The Balaban J connectivity index is 1.64. The van der Waals surface area contributed by atoms with E-state index in [4.69, 9.17) is 4.74 Å². The van der Waals surface area contributed by atoms with Gasteiger partial charge < -0.3 is 15.0 Å². The fourth-order valence-corrected chi connectivity index (χ4v) is 6.06. The first-order valence-corrected chi connectivity index (χ1v) is 12.1. The summed E-state index contributed by atoms with van der Waals surface area (Å²) in [7, 11) is 1.65. The molecule has 0 bridgehead atoms. The van der Waals surface area contributed by atoms with Crippen LogP contribution in [-0.2, 0) is 4.79 Å². The van der Waals surface area contributed by atoms with Crippen molar-refractivity contribution >= 4 is 45.4 Å². The highest BCUT2D eigenvalue weighted by atomic mass is 79.9. The summed E-state index contributed by atoms with van der Waals surface area (Å²) in [5.74, 6) is 1.42. The van der Waals surface area contributed by atoms with Gasteiger partial charge in [-0.15, -0.1) is 0 Å². The molecular formula is C24H27BrN2O2S. The average molecular weight is 487 g/mol. The first-order valence-electron chi connectivity index (χ1n) is 10.4. The number of halogens is 1. The molecule has 1 aliphatic carbocycles. The Labute approximate surface area is 191 Å². The van der Waals surface area contributed by atoms with Crippen molar-refractivity contribution in [1.82, 2.24) is 4.90 Å². The molecule has 1 saturated carbocycles. The van der Waals surface area contributed by atoms with Crippen LogP contribution in [0.3, 0.4) is 0 Å². The number of hydrogen-bond acceptors (Lipinski definition) is 4. The first-order chi connectivity index (χ1) is 14.6. The van der Waals surface area contributed by atoms with Crippen LogP contribution in [-0.4, -0.2) is 29.5 Å². The van der Waals surface area contributed by atoms with Crippen LogP contribution in [0.5, 0.6) is 5.75 Å². The number of thioether (sulfide) groups is 1. The number of amides is 1. The van der Waals surface area contributed by atoms with Gasteiger partial charge in [0.25, 0.3) is 5.91 Å². The molecule has 1 aliphatic heterocycles. The molecule has 6 heteroatoms. The quantitative estimate of drug-likeness (QED) is 0.499. The second-order valence-electron chi connectivity index (χ2n) is 7.92. The van der Waals surface area contributed by atoms with Crippen molar-refractivity contribution in [3.63, 3.8) is 0 Å². The lowest BCUT2D eigenvalue weighted by molar-refractivity contribution is -0.129. The van der Waals surface area contributed by atoms with E-state index in [-0.39, 0.29) is 17.4 Å². The van der Waals surface area contributed by atoms with Crippen LogP contribution in [0.25, 0.3) is 6.08 Å². The number of rotatable bonds is 5. The van der Waals surface area contributed by atoms with Gasteiger partial charge in [0.1, 0.15) is 5.75 Å². The third kappa shape index (κ3) is 4.54. The van der Waals surface area contributed by atoms with Gasteiger partial charge in [-0.2, -0.15) is 0 Å². The van der Waals surface area contributed by atoms with E-state index < -0.39 is 0 Å². The Morgan fingerprint density at radius 2 is 1.93 bits per heavy atom. The molecular weight excluding hydrogens is 460 g/mol. The molecule has 4 nitrogen and oxygen atoms in total. The molecule has 1 unspecified atom stereocenters. The van der Waals surface area contributed by atoms with Crippen molar-refractivity contribution < 1.29 is 9.53 Å². The SMILES string of the molecule is COc1ccc(/C=C2\SC(Nc3ccccc3)N([C@@H]3CCCC[C@@H]3C)C2=O)cc1Br. The number of hydrogen-bond donors (Lipinski definition) is 1. The summed E-state index contributed by atoms with van der Waals surface area (Å²) < 4.78 is 6.21. The molecule has 30 heavy (non-hydrogen) atoms. The Bertz CT molecular complexity index is 934. The molecule has 158 valence electrons. The molecule has 1 saturated heterocycles. The van der Waals surface area contributed by atoms with Crippen LogP contribution in [0.2, 0.25) is 0 Å². The summed E-state index contributed by atoms with van der Waals surface area (Å²) in [6, 6.07) is 16.3. The van der Waals surface area contributed by atoms with E-state index >= 15 is 0 Å². The fraction of sp³-hybridized carbons (Fsp3) is 0.375. The van der Waals surface area contributed by atoms with Crippen LogP contribution in [0.4, 0.5) is 5.69 Å². The maximum Gasteiger partial charge on any atom is 0.262 e. The zero-order valence-electron chi connectivity index (χ0n) is 17.3. The number of ether oxygens (including phenoxy) is 1. The van der Waals surface area contributed by atoms with Gasteiger partial charge in [-0.3, -0.25) is 4.79 Å². The maximum absolute atomic E-state index is 13.5. The Morgan fingerprint density at radius 1 is 1.17 bits per heavy atom. The third-order valence-electron chi connectivity index (χ3n) is 5.90. The van der Waals surface area contributed by atoms with Gasteiger partial charge in [0.2, 0.25) is 0 Å². The Hall–Kier alpha value is -1.92. The van der Waals surface area contributed by atoms with Gasteiger partial charge in [0, 0.05) is 11.7 Å². The van der Waals surface area contributed by atoms with Crippen LogP contribution < -0.4 is 10.1 Å². The number of benzene rings is 2. The van der Waals surface area contributed by atoms with E-state index in [9.17, 15) is 4.79 Å². The van der Waals surface area contributed by atoms with Crippen molar-refractivity contribution in [2.45, 2.75) is 44.1 Å². The summed E-state index contributed by atoms with van der Waals surface area (Å²) in [5, 5.41) is 3.58. The van der Waals surface area contributed by atoms with E-state index in [1.165, 1.54) is 19.3 Å². The van der Waals surface area contributed by atoms with Gasteiger partial charge >= 0.3 is 0 Å².